The number of pyridine rings is 2. The van der Waals surface area contributed by atoms with Gasteiger partial charge in [0.1, 0.15) is 4.88 Å². The highest BCUT2D eigenvalue weighted by molar-refractivity contribution is 7.21. The van der Waals surface area contributed by atoms with Crippen LogP contribution in [0.25, 0.3) is 21.3 Å². The maximum atomic E-state index is 14.0. The third kappa shape index (κ3) is 5.46. The van der Waals surface area contributed by atoms with Gasteiger partial charge in [0.2, 0.25) is 0 Å². The maximum Gasteiger partial charge on any atom is 0.266 e. The van der Waals surface area contributed by atoms with Crippen LogP contribution < -0.4 is 5.32 Å². The van der Waals surface area contributed by atoms with Crippen molar-refractivity contribution in [2.45, 2.75) is 57.7 Å². The molecule has 0 spiro atoms. The summed E-state index contributed by atoms with van der Waals surface area (Å²) in [5.41, 5.74) is 2.77. The highest BCUT2D eigenvalue weighted by Gasteiger charge is 2.32. The minimum atomic E-state index is 0.00211. The number of aromatic nitrogens is 2. The molecule has 0 saturated heterocycles. The molecule has 1 aromatic carbocycles. The maximum absolute atomic E-state index is 14.0. The molecule has 3 aromatic heterocycles. The Hall–Kier alpha value is -2.80. The van der Waals surface area contributed by atoms with Crippen LogP contribution in [0.4, 0.5) is 0 Å². The standard InChI is InChI=1S/C29H31ClN4OS/c1-2-16-32-21-10-12-23(13-11-21)34(29(35)28-27(30)24-7-3-4-9-26(24)36-28)19-22-6-5-8-25(33-22)20-14-17-31-18-15-20/h3-9,14-15,17-18,21,23,32H,2,10-13,16,19H2,1H3. The molecule has 1 saturated carbocycles. The van der Waals surface area contributed by atoms with Crippen molar-refractivity contribution in [2.75, 3.05) is 6.54 Å². The second-order valence-corrected chi connectivity index (χ2v) is 10.8. The molecule has 7 heteroatoms. The summed E-state index contributed by atoms with van der Waals surface area (Å²) in [7, 11) is 0. The van der Waals surface area contributed by atoms with Gasteiger partial charge in [0.25, 0.3) is 5.91 Å². The number of carbonyl (C=O) groups excluding carboxylic acids is 1. The van der Waals surface area contributed by atoms with Gasteiger partial charge in [-0.25, -0.2) is 0 Å². The molecule has 1 aliphatic carbocycles. The summed E-state index contributed by atoms with van der Waals surface area (Å²) in [6, 6.07) is 18.6. The van der Waals surface area contributed by atoms with E-state index in [0.717, 1.165) is 65.7 Å². The number of halogens is 1. The number of thiophene rings is 1. The average molecular weight is 519 g/mol. The fourth-order valence-electron chi connectivity index (χ4n) is 5.01. The predicted octanol–water partition coefficient (Wildman–Crippen LogP) is 6.96. The zero-order chi connectivity index (χ0) is 24.9. The first-order valence-corrected chi connectivity index (χ1v) is 13.9. The van der Waals surface area contributed by atoms with E-state index in [-0.39, 0.29) is 11.9 Å². The second kappa shape index (κ2) is 11.5. The van der Waals surface area contributed by atoms with Gasteiger partial charge in [0.05, 0.1) is 23.0 Å². The number of fused-ring (bicyclic) bond motifs is 1. The fourth-order valence-corrected chi connectivity index (χ4v) is 6.48. The summed E-state index contributed by atoms with van der Waals surface area (Å²) in [4.78, 5) is 25.7. The van der Waals surface area contributed by atoms with Gasteiger partial charge < -0.3 is 10.2 Å². The molecule has 0 radical (unpaired) electrons. The number of carbonyl (C=O) groups is 1. The summed E-state index contributed by atoms with van der Waals surface area (Å²) in [6.45, 7) is 3.70. The Labute approximate surface area is 221 Å². The fraction of sp³-hybridized carbons (Fsp3) is 0.345. The molecule has 0 atom stereocenters. The largest absolute Gasteiger partial charge is 0.329 e. The highest BCUT2D eigenvalue weighted by atomic mass is 35.5. The van der Waals surface area contributed by atoms with E-state index in [1.807, 2.05) is 59.5 Å². The van der Waals surface area contributed by atoms with Crippen molar-refractivity contribution in [2.24, 2.45) is 0 Å². The van der Waals surface area contributed by atoms with E-state index in [0.29, 0.717) is 22.5 Å². The normalized spacial score (nSPS) is 17.8. The Bertz CT molecular complexity index is 1320. The third-order valence-electron chi connectivity index (χ3n) is 6.93. The quantitative estimate of drug-likeness (QED) is 0.274. The SMILES string of the molecule is CCCNC1CCC(N(Cc2cccc(-c3ccncc3)n2)C(=O)c2sc3ccccc3c2Cl)CC1. The lowest BCUT2D eigenvalue weighted by Crippen LogP contribution is -2.45. The van der Waals surface area contributed by atoms with Gasteiger partial charge in [-0.1, -0.05) is 42.8 Å². The lowest BCUT2D eigenvalue weighted by molar-refractivity contribution is 0.0601. The Morgan fingerprint density at radius 2 is 1.83 bits per heavy atom. The lowest BCUT2D eigenvalue weighted by Gasteiger charge is -2.37. The number of nitrogens with zero attached hydrogens (tertiary/aromatic N) is 3. The van der Waals surface area contributed by atoms with Crippen molar-refractivity contribution in [3.63, 3.8) is 0 Å². The van der Waals surface area contributed by atoms with E-state index in [1.54, 1.807) is 12.4 Å². The monoisotopic (exact) mass is 518 g/mol. The summed E-state index contributed by atoms with van der Waals surface area (Å²) >= 11 is 8.24. The van der Waals surface area contributed by atoms with Crippen molar-refractivity contribution < 1.29 is 4.79 Å². The van der Waals surface area contributed by atoms with Crippen LogP contribution >= 0.6 is 22.9 Å². The molecule has 1 N–H and O–H groups in total. The number of rotatable bonds is 8. The molecule has 3 heterocycles. The summed E-state index contributed by atoms with van der Waals surface area (Å²) < 4.78 is 1.04. The van der Waals surface area contributed by atoms with E-state index < -0.39 is 0 Å². The lowest BCUT2D eigenvalue weighted by atomic mass is 9.89. The van der Waals surface area contributed by atoms with Gasteiger partial charge in [0, 0.05) is 40.1 Å². The zero-order valence-corrected chi connectivity index (χ0v) is 22.1. The topological polar surface area (TPSA) is 58.1 Å². The number of benzene rings is 1. The molecular formula is C29H31ClN4OS. The first kappa shape index (κ1) is 24.9. The Morgan fingerprint density at radius 3 is 2.58 bits per heavy atom. The van der Waals surface area contributed by atoms with E-state index >= 15 is 0 Å². The van der Waals surface area contributed by atoms with E-state index in [2.05, 4.69) is 17.2 Å². The molecule has 0 aliphatic heterocycles. The number of hydrogen-bond acceptors (Lipinski definition) is 5. The number of hydrogen-bond donors (Lipinski definition) is 1. The van der Waals surface area contributed by atoms with Crippen LogP contribution in [-0.2, 0) is 6.54 Å². The summed E-state index contributed by atoms with van der Waals surface area (Å²) in [5, 5.41) is 5.15. The molecule has 1 aliphatic rings. The highest BCUT2D eigenvalue weighted by Crippen LogP contribution is 2.37. The molecule has 4 aromatic rings. The molecule has 0 bridgehead atoms. The van der Waals surface area contributed by atoms with Gasteiger partial charge in [-0.3, -0.25) is 14.8 Å². The van der Waals surface area contributed by atoms with Gasteiger partial charge in [-0.15, -0.1) is 11.3 Å². The van der Waals surface area contributed by atoms with Crippen LogP contribution in [-0.4, -0.2) is 39.4 Å². The molecular weight excluding hydrogens is 488 g/mol. The number of nitrogens with one attached hydrogen (secondary N) is 1. The van der Waals surface area contributed by atoms with Crippen LogP contribution in [0.3, 0.4) is 0 Å². The van der Waals surface area contributed by atoms with Crippen molar-refractivity contribution in [1.82, 2.24) is 20.2 Å². The van der Waals surface area contributed by atoms with Crippen LogP contribution in [0.2, 0.25) is 5.02 Å². The van der Waals surface area contributed by atoms with Crippen molar-refractivity contribution in [1.29, 1.82) is 0 Å². The molecule has 5 nitrogen and oxygen atoms in total. The molecule has 186 valence electrons. The van der Waals surface area contributed by atoms with Crippen molar-refractivity contribution in [3.05, 3.63) is 82.6 Å². The van der Waals surface area contributed by atoms with E-state index in [4.69, 9.17) is 16.6 Å². The minimum absolute atomic E-state index is 0.00211. The smallest absolute Gasteiger partial charge is 0.266 e. The van der Waals surface area contributed by atoms with E-state index in [9.17, 15) is 4.79 Å². The van der Waals surface area contributed by atoms with Gasteiger partial charge in [0.15, 0.2) is 0 Å². The summed E-state index contributed by atoms with van der Waals surface area (Å²) in [5.74, 6) is 0.00211. The van der Waals surface area contributed by atoms with Crippen LogP contribution in [0, 0.1) is 0 Å². The Morgan fingerprint density at radius 1 is 1.06 bits per heavy atom. The summed E-state index contributed by atoms with van der Waals surface area (Å²) in [6.07, 6.45) is 8.76. The van der Waals surface area contributed by atoms with Crippen LogP contribution in [0.1, 0.15) is 54.4 Å². The first-order valence-electron chi connectivity index (χ1n) is 12.7. The van der Waals surface area contributed by atoms with Crippen molar-refractivity contribution in [3.8, 4) is 11.3 Å². The molecule has 36 heavy (non-hydrogen) atoms. The molecule has 1 fully saturated rings. The Kier molecular flexibility index (Phi) is 7.95. The van der Waals surface area contributed by atoms with Gasteiger partial charge in [-0.2, -0.15) is 0 Å². The zero-order valence-electron chi connectivity index (χ0n) is 20.5. The second-order valence-electron chi connectivity index (χ2n) is 9.38. The number of amides is 1. The molecule has 1 amide bonds. The van der Waals surface area contributed by atoms with Gasteiger partial charge in [-0.05, 0) is 69.0 Å². The van der Waals surface area contributed by atoms with Crippen LogP contribution in [0.5, 0.6) is 0 Å². The van der Waals surface area contributed by atoms with E-state index in [1.165, 1.54) is 11.3 Å². The first-order chi connectivity index (χ1) is 17.6. The molecule has 0 unspecified atom stereocenters. The molecule has 5 rings (SSSR count). The third-order valence-corrected chi connectivity index (χ3v) is 8.59. The predicted molar refractivity (Wildman–Crippen MR) is 149 cm³/mol. The van der Waals surface area contributed by atoms with Crippen LogP contribution in [0.15, 0.2) is 67.0 Å². The minimum Gasteiger partial charge on any atom is -0.329 e. The average Bonchev–Trinajstić information content (AvgIpc) is 3.27. The van der Waals surface area contributed by atoms with Gasteiger partial charge >= 0.3 is 0 Å². The van der Waals surface area contributed by atoms with Crippen molar-refractivity contribution >= 4 is 38.9 Å². The Balaban J connectivity index is 1.43.